The van der Waals surface area contributed by atoms with Crippen LogP contribution in [0.3, 0.4) is 0 Å². The molecule has 0 radical (unpaired) electrons. The fraction of sp³-hybridized carbons (Fsp3) is 0.500. The Morgan fingerprint density at radius 2 is 2.32 bits per heavy atom. The number of methoxy groups -OCH3 is 1. The summed E-state index contributed by atoms with van der Waals surface area (Å²) in [4.78, 5) is 4.29. The minimum absolute atomic E-state index is 0.134. The first-order valence-corrected chi connectivity index (χ1v) is 6.87. The summed E-state index contributed by atoms with van der Waals surface area (Å²) in [5, 5.41) is 3.76. The van der Waals surface area contributed by atoms with Gasteiger partial charge in [-0.05, 0) is 24.1 Å². The molecule has 1 unspecified atom stereocenters. The lowest BCUT2D eigenvalue weighted by Crippen LogP contribution is -2.32. The van der Waals surface area contributed by atoms with Crippen LogP contribution < -0.4 is 11.1 Å². The maximum atomic E-state index is 5.96. The molecule has 5 heteroatoms. The van der Waals surface area contributed by atoms with Gasteiger partial charge in [0.1, 0.15) is 6.10 Å². The molecule has 0 amide bonds. The lowest BCUT2D eigenvalue weighted by molar-refractivity contribution is 0.111. The SMILES string of the molecule is CCCCNC(N)=NCC(OC)c1cccc(Cl)c1. The molecule has 19 heavy (non-hydrogen) atoms. The van der Waals surface area contributed by atoms with Crippen LogP contribution in [0.25, 0.3) is 0 Å². The summed E-state index contributed by atoms with van der Waals surface area (Å²) in [6, 6.07) is 7.58. The number of rotatable bonds is 7. The number of aliphatic imine (C=N–C) groups is 1. The minimum atomic E-state index is -0.134. The number of nitrogens with two attached hydrogens (primary N) is 1. The summed E-state index contributed by atoms with van der Waals surface area (Å²) in [5.41, 5.74) is 6.78. The van der Waals surface area contributed by atoms with Crippen molar-refractivity contribution in [2.75, 3.05) is 20.2 Å². The van der Waals surface area contributed by atoms with Crippen molar-refractivity contribution in [3.05, 3.63) is 34.9 Å². The van der Waals surface area contributed by atoms with Crippen LogP contribution >= 0.6 is 11.6 Å². The van der Waals surface area contributed by atoms with Gasteiger partial charge < -0.3 is 15.8 Å². The number of hydrogen-bond donors (Lipinski definition) is 2. The van der Waals surface area contributed by atoms with Crippen molar-refractivity contribution in [1.29, 1.82) is 0 Å². The smallest absolute Gasteiger partial charge is 0.188 e. The Hall–Kier alpha value is -1.26. The summed E-state index contributed by atoms with van der Waals surface area (Å²) in [7, 11) is 1.65. The quantitative estimate of drug-likeness (QED) is 0.459. The van der Waals surface area contributed by atoms with Crippen molar-refractivity contribution < 1.29 is 4.74 Å². The van der Waals surface area contributed by atoms with E-state index in [2.05, 4.69) is 17.2 Å². The van der Waals surface area contributed by atoms with Gasteiger partial charge in [-0.1, -0.05) is 37.1 Å². The van der Waals surface area contributed by atoms with Crippen molar-refractivity contribution in [3.8, 4) is 0 Å². The molecule has 0 aliphatic carbocycles. The standard InChI is InChI=1S/C14H22ClN3O/c1-3-4-8-17-14(16)18-10-13(19-2)11-6-5-7-12(15)9-11/h5-7,9,13H,3-4,8,10H2,1-2H3,(H3,16,17,18). The average Bonchev–Trinajstić information content (AvgIpc) is 2.40. The zero-order valence-electron chi connectivity index (χ0n) is 11.5. The molecule has 0 fully saturated rings. The summed E-state index contributed by atoms with van der Waals surface area (Å²) in [6.45, 7) is 3.46. The highest BCUT2D eigenvalue weighted by Gasteiger charge is 2.10. The van der Waals surface area contributed by atoms with E-state index in [0.29, 0.717) is 17.5 Å². The third kappa shape index (κ3) is 5.94. The molecule has 1 rings (SSSR count). The Labute approximate surface area is 120 Å². The Balaban J connectivity index is 2.55. The molecule has 0 aromatic heterocycles. The summed E-state index contributed by atoms with van der Waals surface area (Å²) >= 11 is 5.96. The average molecular weight is 284 g/mol. The zero-order valence-corrected chi connectivity index (χ0v) is 12.3. The third-order valence-electron chi connectivity index (χ3n) is 2.77. The monoisotopic (exact) mass is 283 g/mol. The van der Waals surface area contributed by atoms with Gasteiger partial charge in [0.15, 0.2) is 5.96 Å². The zero-order chi connectivity index (χ0) is 14.1. The van der Waals surface area contributed by atoms with Crippen molar-refractivity contribution in [1.82, 2.24) is 5.32 Å². The van der Waals surface area contributed by atoms with Crippen molar-refractivity contribution in [2.45, 2.75) is 25.9 Å². The molecule has 0 spiro atoms. The van der Waals surface area contributed by atoms with E-state index in [1.807, 2.05) is 24.3 Å². The minimum Gasteiger partial charge on any atom is -0.375 e. The van der Waals surface area contributed by atoms with Gasteiger partial charge in [-0.15, -0.1) is 0 Å². The molecule has 0 saturated carbocycles. The highest BCUT2D eigenvalue weighted by molar-refractivity contribution is 6.30. The number of halogens is 1. The first-order chi connectivity index (χ1) is 9.17. The normalized spacial score (nSPS) is 13.3. The molecule has 4 nitrogen and oxygen atoms in total. The van der Waals surface area contributed by atoms with Crippen LogP contribution in [0.5, 0.6) is 0 Å². The second-order valence-corrected chi connectivity index (χ2v) is 4.72. The third-order valence-corrected chi connectivity index (χ3v) is 3.00. The molecule has 1 atom stereocenters. The fourth-order valence-corrected chi connectivity index (χ4v) is 1.85. The molecule has 0 heterocycles. The summed E-state index contributed by atoms with van der Waals surface area (Å²) in [5.74, 6) is 0.456. The molecule has 3 N–H and O–H groups in total. The van der Waals surface area contributed by atoms with Crippen LogP contribution in [0.1, 0.15) is 31.4 Å². The van der Waals surface area contributed by atoms with Gasteiger partial charge in [-0.3, -0.25) is 4.99 Å². The molecule has 106 valence electrons. The van der Waals surface area contributed by atoms with E-state index >= 15 is 0 Å². The van der Waals surface area contributed by atoms with Crippen LogP contribution in [-0.4, -0.2) is 26.2 Å². The Morgan fingerprint density at radius 1 is 1.53 bits per heavy atom. The van der Waals surface area contributed by atoms with Crippen LogP contribution in [0.2, 0.25) is 5.02 Å². The molecule has 0 aliphatic rings. The molecule has 1 aromatic carbocycles. The van der Waals surface area contributed by atoms with Crippen molar-refractivity contribution in [3.63, 3.8) is 0 Å². The van der Waals surface area contributed by atoms with Crippen LogP contribution in [0.15, 0.2) is 29.3 Å². The van der Waals surface area contributed by atoms with E-state index in [1.165, 1.54) is 0 Å². The van der Waals surface area contributed by atoms with E-state index in [4.69, 9.17) is 22.1 Å². The van der Waals surface area contributed by atoms with Gasteiger partial charge in [0.25, 0.3) is 0 Å². The molecule has 1 aromatic rings. The topological polar surface area (TPSA) is 59.6 Å². The van der Waals surface area contributed by atoms with Crippen LogP contribution in [-0.2, 0) is 4.74 Å². The maximum Gasteiger partial charge on any atom is 0.188 e. The largest absolute Gasteiger partial charge is 0.375 e. The molecular formula is C14H22ClN3O. The second kappa shape index (κ2) is 8.77. The first kappa shape index (κ1) is 15.8. The molecule has 0 bridgehead atoms. The molecule has 0 saturated heterocycles. The number of nitrogens with zero attached hydrogens (tertiary/aromatic N) is 1. The maximum absolute atomic E-state index is 5.96. The number of nitrogens with one attached hydrogen (secondary N) is 1. The van der Waals surface area contributed by atoms with Crippen LogP contribution in [0.4, 0.5) is 0 Å². The lowest BCUT2D eigenvalue weighted by atomic mass is 10.1. The van der Waals surface area contributed by atoms with E-state index in [1.54, 1.807) is 7.11 Å². The summed E-state index contributed by atoms with van der Waals surface area (Å²) in [6.07, 6.45) is 2.08. The van der Waals surface area contributed by atoms with E-state index in [0.717, 1.165) is 24.9 Å². The van der Waals surface area contributed by atoms with E-state index in [9.17, 15) is 0 Å². The van der Waals surface area contributed by atoms with Crippen molar-refractivity contribution >= 4 is 17.6 Å². The van der Waals surface area contributed by atoms with E-state index < -0.39 is 0 Å². The highest BCUT2D eigenvalue weighted by atomic mass is 35.5. The molecular weight excluding hydrogens is 262 g/mol. The van der Waals surface area contributed by atoms with Gasteiger partial charge in [-0.2, -0.15) is 0 Å². The van der Waals surface area contributed by atoms with Gasteiger partial charge in [0, 0.05) is 18.7 Å². The van der Waals surface area contributed by atoms with Gasteiger partial charge >= 0.3 is 0 Å². The number of ether oxygens (including phenoxy) is 1. The molecule has 0 aliphatic heterocycles. The Bertz CT molecular complexity index is 409. The summed E-state index contributed by atoms with van der Waals surface area (Å²) < 4.78 is 5.42. The van der Waals surface area contributed by atoms with Gasteiger partial charge in [0.2, 0.25) is 0 Å². The highest BCUT2D eigenvalue weighted by Crippen LogP contribution is 2.20. The number of benzene rings is 1. The van der Waals surface area contributed by atoms with Gasteiger partial charge in [0.05, 0.1) is 6.54 Å². The van der Waals surface area contributed by atoms with Crippen molar-refractivity contribution in [2.24, 2.45) is 10.7 Å². The number of hydrogen-bond acceptors (Lipinski definition) is 2. The van der Waals surface area contributed by atoms with Gasteiger partial charge in [-0.25, -0.2) is 0 Å². The Morgan fingerprint density at radius 3 is 2.95 bits per heavy atom. The van der Waals surface area contributed by atoms with Crippen LogP contribution in [0, 0.1) is 0 Å². The number of unbranched alkanes of at least 4 members (excludes halogenated alkanes) is 1. The predicted molar refractivity (Wildman–Crippen MR) is 80.6 cm³/mol. The first-order valence-electron chi connectivity index (χ1n) is 6.49. The predicted octanol–water partition coefficient (Wildman–Crippen LogP) is 2.73. The second-order valence-electron chi connectivity index (χ2n) is 4.29. The Kier molecular flexibility index (Phi) is 7.30. The number of guanidine groups is 1. The lowest BCUT2D eigenvalue weighted by Gasteiger charge is -2.14. The fourth-order valence-electron chi connectivity index (χ4n) is 1.65. The van der Waals surface area contributed by atoms with E-state index in [-0.39, 0.29) is 6.10 Å².